The van der Waals surface area contributed by atoms with E-state index in [2.05, 4.69) is 15.4 Å². The fourth-order valence-electron chi connectivity index (χ4n) is 3.05. The maximum absolute atomic E-state index is 14.7. The van der Waals surface area contributed by atoms with Gasteiger partial charge in [0.25, 0.3) is 5.91 Å². The third-order valence-corrected chi connectivity index (χ3v) is 5.82. The van der Waals surface area contributed by atoms with Crippen LogP contribution in [-0.4, -0.2) is 26.6 Å². The van der Waals surface area contributed by atoms with E-state index in [-0.39, 0.29) is 29.4 Å². The van der Waals surface area contributed by atoms with E-state index in [9.17, 15) is 17.6 Å². The number of sulfonamides is 1. The number of anilines is 2. The van der Waals surface area contributed by atoms with Crippen LogP contribution in [-0.2, 0) is 23.0 Å². The molecule has 0 atom stereocenters. The first-order chi connectivity index (χ1) is 12.9. The topological polar surface area (TPSA) is 87.3 Å². The van der Waals surface area contributed by atoms with Crippen molar-refractivity contribution in [2.45, 2.75) is 26.3 Å². The highest BCUT2D eigenvalue weighted by Crippen LogP contribution is 2.25. The van der Waals surface area contributed by atoms with Gasteiger partial charge in [-0.2, -0.15) is 0 Å². The van der Waals surface area contributed by atoms with Gasteiger partial charge in [-0.15, -0.1) is 12.4 Å². The number of fused-ring (bicyclic) bond motifs is 1. The molecular formula is C19H23ClFN3O3S. The zero-order chi connectivity index (χ0) is 19.4. The Morgan fingerprint density at radius 3 is 2.79 bits per heavy atom. The molecule has 3 rings (SSSR count). The van der Waals surface area contributed by atoms with Gasteiger partial charge >= 0.3 is 0 Å². The van der Waals surface area contributed by atoms with E-state index in [0.717, 1.165) is 5.56 Å². The standard InChI is InChI=1S/C19H22FN3O3S.ClH/c1-2-10-27(25,26)23-15-5-3-4-13(11-15)19(24)22-17-7-6-14-12-21-9-8-16(14)18(17)20;/h3-7,11,21,23H,2,8-10,12H2,1H3,(H,22,24);1H. The number of amides is 1. The zero-order valence-electron chi connectivity index (χ0n) is 15.4. The van der Waals surface area contributed by atoms with Crippen LogP contribution in [0.15, 0.2) is 36.4 Å². The number of halogens is 2. The SMILES string of the molecule is CCCS(=O)(=O)Nc1cccc(C(=O)Nc2ccc3c(c2F)CCNC3)c1.Cl. The second-order valence-corrected chi connectivity index (χ2v) is 8.29. The van der Waals surface area contributed by atoms with Crippen LogP contribution >= 0.6 is 12.4 Å². The van der Waals surface area contributed by atoms with Crippen LogP contribution in [0.4, 0.5) is 15.8 Å². The molecule has 0 saturated heterocycles. The van der Waals surface area contributed by atoms with Gasteiger partial charge in [-0.3, -0.25) is 9.52 Å². The average molecular weight is 428 g/mol. The van der Waals surface area contributed by atoms with E-state index in [1.165, 1.54) is 6.07 Å². The third kappa shape index (κ3) is 5.21. The summed E-state index contributed by atoms with van der Waals surface area (Å²) in [5.74, 6) is -0.917. The molecule has 0 aliphatic carbocycles. The van der Waals surface area contributed by atoms with Gasteiger partial charge in [-0.25, -0.2) is 12.8 Å². The summed E-state index contributed by atoms with van der Waals surface area (Å²) < 4.78 is 40.9. The van der Waals surface area contributed by atoms with Crippen LogP contribution in [0.3, 0.4) is 0 Å². The molecule has 0 radical (unpaired) electrons. The van der Waals surface area contributed by atoms with Crippen LogP contribution < -0.4 is 15.4 Å². The van der Waals surface area contributed by atoms with Crippen LogP contribution in [0.25, 0.3) is 0 Å². The Hall–Kier alpha value is -2.16. The maximum Gasteiger partial charge on any atom is 0.255 e. The van der Waals surface area contributed by atoms with E-state index in [0.29, 0.717) is 37.2 Å². The number of hydrogen-bond donors (Lipinski definition) is 3. The first kappa shape index (κ1) is 22.1. The summed E-state index contributed by atoms with van der Waals surface area (Å²) in [5.41, 5.74) is 2.17. The highest BCUT2D eigenvalue weighted by molar-refractivity contribution is 7.92. The molecule has 1 amide bonds. The molecule has 9 heteroatoms. The number of rotatable bonds is 6. The highest BCUT2D eigenvalue weighted by Gasteiger charge is 2.18. The molecule has 2 aromatic rings. The van der Waals surface area contributed by atoms with Crippen molar-refractivity contribution >= 4 is 39.7 Å². The molecule has 1 heterocycles. The summed E-state index contributed by atoms with van der Waals surface area (Å²) >= 11 is 0. The first-order valence-corrected chi connectivity index (χ1v) is 10.5. The normalized spacial score (nSPS) is 13.2. The molecule has 0 saturated carbocycles. The summed E-state index contributed by atoms with van der Waals surface area (Å²) in [6.07, 6.45) is 1.06. The Bertz CT molecular complexity index is 967. The van der Waals surface area contributed by atoms with Gasteiger partial charge < -0.3 is 10.6 Å². The number of nitrogens with one attached hydrogen (secondary N) is 3. The Kier molecular flexibility index (Phi) is 7.40. The van der Waals surface area contributed by atoms with Crippen LogP contribution in [0.5, 0.6) is 0 Å². The van der Waals surface area contributed by atoms with Gasteiger partial charge in [0.15, 0.2) is 0 Å². The van der Waals surface area contributed by atoms with Crippen molar-refractivity contribution in [1.82, 2.24) is 5.32 Å². The second-order valence-electron chi connectivity index (χ2n) is 6.45. The molecule has 1 aliphatic rings. The Labute approximate surface area is 170 Å². The van der Waals surface area contributed by atoms with Gasteiger partial charge in [0.05, 0.1) is 11.4 Å². The van der Waals surface area contributed by atoms with Crippen LogP contribution in [0.1, 0.15) is 34.8 Å². The van der Waals surface area contributed by atoms with E-state index >= 15 is 0 Å². The summed E-state index contributed by atoms with van der Waals surface area (Å²) in [6, 6.07) is 9.47. The molecule has 0 aromatic heterocycles. The molecule has 3 N–H and O–H groups in total. The van der Waals surface area contributed by atoms with Gasteiger partial charge in [-0.1, -0.05) is 19.1 Å². The second kappa shape index (κ2) is 9.36. The van der Waals surface area contributed by atoms with Crippen molar-refractivity contribution in [1.29, 1.82) is 0 Å². The van der Waals surface area contributed by atoms with E-state index in [1.807, 2.05) is 0 Å². The minimum atomic E-state index is -3.45. The van der Waals surface area contributed by atoms with Crippen molar-refractivity contribution in [2.75, 3.05) is 22.3 Å². The maximum atomic E-state index is 14.7. The number of hydrogen-bond acceptors (Lipinski definition) is 4. The van der Waals surface area contributed by atoms with E-state index in [1.54, 1.807) is 37.3 Å². The first-order valence-electron chi connectivity index (χ1n) is 8.82. The quantitative estimate of drug-likeness (QED) is 0.660. The molecule has 6 nitrogen and oxygen atoms in total. The summed E-state index contributed by atoms with van der Waals surface area (Å²) in [4.78, 5) is 12.5. The number of carbonyl (C=O) groups excluding carboxylic acids is 1. The predicted molar refractivity (Wildman–Crippen MR) is 111 cm³/mol. The minimum Gasteiger partial charge on any atom is -0.319 e. The minimum absolute atomic E-state index is 0. The average Bonchev–Trinajstić information content (AvgIpc) is 2.64. The summed E-state index contributed by atoms with van der Waals surface area (Å²) in [7, 11) is -3.45. The smallest absolute Gasteiger partial charge is 0.255 e. The lowest BCUT2D eigenvalue weighted by Gasteiger charge is -2.19. The molecule has 0 spiro atoms. The number of carbonyl (C=O) groups is 1. The predicted octanol–water partition coefficient (Wildman–Crippen LogP) is 3.30. The summed E-state index contributed by atoms with van der Waals surface area (Å²) in [6.45, 7) is 3.08. The Morgan fingerprint density at radius 1 is 1.25 bits per heavy atom. The lowest BCUT2D eigenvalue weighted by Crippen LogP contribution is -2.25. The van der Waals surface area contributed by atoms with Crippen molar-refractivity contribution in [3.05, 3.63) is 58.9 Å². The van der Waals surface area contributed by atoms with Crippen LogP contribution in [0, 0.1) is 5.82 Å². The third-order valence-electron chi connectivity index (χ3n) is 4.33. The molecule has 1 aliphatic heterocycles. The fourth-order valence-corrected chi connectivity index (χ4v) is 4.17. The lowest BCUT2D eigenvalue weighted by molar-refractivity contribution is 0.102. The van der Waals surface area contributed by atoms with Crippen molar-refractivity contribution in [3.8, 4) is 0 Å². The van der Waals surface area contributed by atoms with Crippen molar-refractivity contribution in [3.63, 3.8) is 0 Å². The summed E-state index contributed by atoms with van der Waals surface area (Å²) in [5, 5.41) is 5.76. The van der Waals surface area contributed by atoms with Gasteiger partial charge in [0.1, 0.15) is 5.82 Å². The molecule has 0 bridgehead atoms. The van der Waals surface area contributed by atoms with E-state index in [4.69, 9.17) is 0 Å². The fraction of sp³-hybridized carbons (Fsp3) is 0.316. The van der Waals surface area contributed by atoms with Gasteiger partial charge in [0.2, 0.25) is 10.0 Å². The van der Waals surface area contributed by atoms with Crippen molar-refractivity contribution < 1.29 is 17.6 Å². The lowest BCUT2D eigenvalue weighted by atomic mass is 9.99. The highest BCUT2D eigenvalue weighted by atomic mass is 35.5. The Morgan fingerprint density at radius 2 is 2.04 bits per heavy atom. The molecule has 0 fully saturated rings. The largest absolute Gasteiger partial charge is 0.319 e. The molecular weight excluding hydrogens is 405 g/mol. The van der Waals surface area contributed by atoms with Gasteiger partial charge in [-0.05, 0) is 54.8 Å². The Balaban J connectivity index is 0.00000280. The van der Waals surface area contributed by atoms with Crippen LogP contribution in [0.2, 0.25) is 0 Å². The van der Waals surface area contributed by atoms with Gasteiger partial charge in [0, 0.05) is 17.8 Å². The van der Waals surface area contributed by atoms with E-state index < -0.39 is 21.7 Å². The molecule has 152 valence electrons. The molecule has 2 aromatic carbocycles. The number of benzene rings is 2. The van der Waals surface area contributed by atoms with Crippen molar-refractivity contribution in [2.24, 2.45) is 0 Å². The zero-order valence-corrected chi connectivity index (χ0v) is 17.1. The monoisotopic (exact) mass is 427 g/mol. The molecule has 28 heavy (non-hydrogen) atoms. The molecule has 0 unspecified atom stereocenters.